The molecule has 3 aromatic rings. The molecule has 7 rings (SSSR count). The van der Waals surface area contributed by atoms with Crippen LogP contribution in [0.3, 0.4) is 0 Å². The van der Waals surface area contributed by atoms with E-state index in [9.17, 15) is 24.6 Å². The van der Waals surface area contributed by atoms with Gasteiger partial charge in [0.2, 0.25) is 11.8 Å². The Labute approximate surface area is 241 Å². The molecule has 0 spiro atoms. The average Bonchev–Trinajstić information content (AvgIpc) is 3.24. The molecule has 4 N–H and O–H groups in total. The van der Waals surface area contributed by atoms with Crippen LogP contribution in [0.25, 0.3) is 6.08 Å². The van der Waals surface area contributed by atoms with Gasteiger partial charge in [0.05, 0.1) is 0 Å². The van der Waals surface area contributed by atoms with Gasteiger partial charge in [-0.3, -0.25) is 20.2 Å². The van der Waals surface area contributed by atoms with Crippen LogP contribution in [-0.4, -0.2) is 40.3 Å². The smallest absolute Gasteiger partial charge is 0.328 e. The van der Waals surface area contributed by atoms with Crippen LogP contribution in [0.5, 0.6) is 23.0 Å². The van der Waals surface area contributed by atoms with E-state index in [0.29, 0.717) is 29.0 Å². The van der Waals surface area contributed by atoms with Gasteiger partial charge >= 0.3 is 6.03 Å². The number of barbiturate groups is 1. The Hall–Kier alpha value is -4.83. The maximum Gasteiger partial charge on any atom is 0.328 e. The van der Waals surface area contributed by atoms with Gasteiger partial charge < -0.3 is 24.4 Å². The molecule has 42 heavy (non-hydrogen) atoms. The molecular formula is C32H30N2O8. The molecule has 216 valence electrons. The highest BCUT2D eigenvalue weighted by Crippen LogP contribution is 2.55. The molecule has 0 aliphatic carbocycles. The maximum absolute atomic E-state index is 12.0. The van der Waals surface area contributed by atoms with E-state index in [-0.39, 0.29) is 18.0 Å². The summed E-state index contributed by atoms with van der Waals surface area (Å²) in [5.74, 6) is 0.850. The van der Waals surface area contributed by atoms with E-state index >= 15 is 0 Å². The molecule has 0 bridgehead atoms. The number of aliphatic hydroxyl groups is 1. The van der Waals surface area contributed by atoms with Crippen molar-refractivity contribution in [1.82, 2.24) is 10.6 Å². The standard InChI is InChI=1S/C20H18O5.C12H12N2O3/c1-19(2)6-5-11-7-14-17(9-15(11)25-19)24-18-13-4-3-12(21)8-16(13)23-10-20(14,18)22;1-2-12(8-6-4-3-5-7-8)9(15)13-11(17)14-10(12)16/h3-9,18,21-22H,10H2,1-2H3;3-7H,2H2,1H3,(H2,13,14,15,16,17)/t18-,20+;/m0./s1. The van der Waals surface area contributed by atoms with Crippen molar-refractivity contribution in [3.05, 3.63) is 89.0 Å². The summed E-state index contributed by atoms with van der Waals surface area (Å²) in [5.41, 5.74) is -0.0428. The van der Waals surface area contributed by atoms with Crippen LogP contribution in [0.15, 0.2) is 66.7 Å². The SMILES string of the molecule is CC1(C)C=Cc2cc3c(cc2O1)O[C@H]1c2ccc(O)cc2OC[C@@]31O.CCC1(c2ccccc2)C(=O)NC(=O)NC1=O. The lowest BCUT2D eigenvalue weighted by molar-refractivity contribution is -0.138. The first-order valence-corrected chi connectivity index (χ1v) is 13.6. The van der Waals surface area contributed by atoms with Crippen LogP contribution < -0.4 is 24.8 Å². The van der Waals surface area contributed by atoms with Crippen LogP contribution in [-0.2, 0) is 20.6 Å². The van der Waals surface area contributed by atoms with Crippen LogP contribution in [0.2, 0.25) is 0 Å². The molecule has 0 aromatic heterocycles. The monoisotopic (exact) mass is 570 g/mol. The molecule has 1 fully saturated rings. The second kappa shape index (κ2) is 9.63. The van der Waals surface area contributed by atoms with Crippen LogP contribution in [0.1, 0.15) is 55.5 Å². The number of phenols is 1. The summed E-state index contributed by atoms with van der Waals surface area (Å²) in [7, 11) is 0. The second-order valence-electron chi connectivity index (χ2n) is 11.2. The van der Waals surface area contributed by atoms with E-state index in [2.05, 4.69) is 10.6 Å². The number of urea groups is 1. The fourth-order valence-electron chi connectivity index (χ4n) is 5.80. The van der Waals surface area contributed by atoms with Gasteiger partial charge in [-0.2, -0.15) is 0 Å². The van der Waals surface area contributed by atoms with Crippen molar-refractivity contribution in [3.63, 3.8) is 0 Å². The summed E-state index contributed by atoms with van der Waals surface area (Å²) < 4.78 is 17.8. The Bertz CT molecular complexity index is 1630. The van der Waals surface area contributed by atoms with E-state index in [1.54, 1.807) is 55.5 Å². The summed E-state index contributed by atoms with van der Waals surface area (Å²) in [6.45, 7) is 5.78. The van der Waals surface area contributed by atoms with Crippen LogP contribution >= 0.6 is 0 Å². The molecule has 0 saturated carbocycles. The molecule has 3 aromatic carbocycles. The van der Waals surface area contributed by atoms with E-state index in [0.717, 1.165) is 16.9 Å². The Morgan fingerprint density at radius 1 is 0.929 bits per heavy atom. The van der Waals surface area contributed by atoms with Crippen molar-refractivity contribution in [2.45, 2.75) is 49.9 Å². The minimum Gasteiger partial charge on any atom is -0.508 e. The first-order chi connectivity index (χ1) is 20.0. The average molecular weight is 571 g/mol. The van der Waals surface area contributed by atoms with Crippen molar-refractivity contribution in [3.8, 4) is 23.0 Å². The third-order valence-electron chi connectivity index (χ3n) is 8.05. The second-order valence-corrected chi connectivity index (χ2v) is 11.2. The van der Waals surface area contributed by atoms with Gasteiger partial charge in [0.1, 0.15) is 35.2 Å². The Balaban J connectivity index is 0.000000163. The number of ether oxygens (including phenoxy) is 3. The number of aromatic hydroxyl groups is 1. The molecule has 0 radical (unpaired) electrons. The van der Waals surface area contributed by atoms with E-state index in [1.807, 2.05) is 38.1 Å². The molecular weight excluding hydrogens is 540 g/mol. The number of carbonyl (C=O) groups is 3. The Kier molecular flexibility index (Phi) is 6.27. The first kappa shape index (κ1) is 27.3. The topological polar surface area (TPSA) is 143 Å². The van der Waals surface area contributed by atoms with Crippen molar-refractivity contribution < 1.29 is 38.8 Å². The number of fused-ring (bicyclic) bond motifs is 6. The zero-order chi connectivity index (χ0) is 29.9. The zero-order valence-electron chi connectivity index (χ0n) is 23.3. The van der Waals surface area contributed by atoms with Crippen molar-refractivity contribution >= 4 is 23.9 Å². The lowest BCUT2D eigenvalue weighted by atomic mass is 9.75. The van der Waals surface area contributed by atoms with Gasteiger partial charge in [-0.1, -0.05) is 43.3 Å². The number of rotatable bonds is 2. The highest BCUT2D eigenvalue weighted by atomic mass is 16.5. The van der Waals surface area contributed by atoms with Crippen molar-refractivity contribution in [1.29, 1.82) is 0 Å². The fourth-order valence-corrected chi connectivity index (χ4v) is 5.80. The molecule has 4 aliphatic rings. The largest absolute Gasteiger partial charge is 0.508 e. The quantitative estimate of drug-likeness (QED) is 0.339. The summed E-state index contributed by atoms with van der Waals surface area (Å²) >= 11 is 0. The number of phenolic OH excluding ortho intramolecular Hbond substituents is 1. The number of amides is 4. The van der Waals surface area contributed by atoms with Crippen LogP contribution in [0, 0.1) is 0 Å². The highest BCUT2D eigenvalue weighted by Gasteiger charge is 2.53. The number of hydrogen-bond acceptors (Lipinski definition) is 8. The van der Waals surface area contributed by atoms with Gasteiger partial charge in [0, 0.05) is 28.8 Å². The highest BCUT2D eigenvalue weighted by molar-refractivity contribution is 6.22. The lowest BCUT2D eigenvalue weighted by Gasteiger charge is -2.35. The maximum atomic E-state index is 12.0. The van der Waals surface area contributed by atoms with Gasteiger partial charge in [-0.15, -0.1) is 0 Å². The third-order valence-corrected chi connectivity index (χ3v) is 8.05. The lowest BCUT2D eigenvalue weighted by Crippen LogP contribution is -2.64. The normalized spacial score (nSPS) is 23.6. The number of carbonyl (C=O) groups excluding carboxylic acids is 3. The molecule has 1 saturated heterocycles. The predicted octanol–water partition coefficient (Wildman–Crippen LogP) is 3.99. The number of hydrogen-bond donors (Lipinski definition) is 4. The molecule has 4 aliphatic heterocycles. The fraction of sp³-hybridized carbons (Fsp3) is 0.281. The van der Waals surface area contributed by atoms with Gasteiger partial charge in [0.25, 0.3) is 0 Å². The van der Waals surface area contributed by atoms with E-state index < -0.39 is 35.0 Å². The molecule has 0 unspecified atom stereocenters. The van der Waals surface area contributed by atoms with Gasteiger partial charge in [-0.05, 0) is 50.1 Å². The van der Waals surface area contributed by atoms with Crippen molar-refractivity contribution in [2.75, 3.05) is 6.61 Å². The van der Waals surface area contributed by atoms with Crippen molar-refractivity contribution in [2.24, 2.45) is 0 Å². The third kappa shape index (κ3) is 4.26. The number of nitrogens with one attached hydrogen (secondary N) is 2. The Morgan fingerprint density at radius 2 is 1.64 bits per heavy atom. The first-order valence-electron chi connectivity index (χ1n) is 13.6. The number of imide groups is 2. The van der Waals surface area contributed by atoms with Crippen LogP contribution in [0.4, 0.5) is 4.79 Å². The molecule has 2 atom stereocenters. The summed E-state index contributed by atoms with van der Waals surface area (Å²) in [6, 6.07) is 16.5. The minimum absolute atomic E-state index is 0.0654. The van der Waals surface area contributed by atoms with E-state index in [4.69, 9.17) is 14.2 Å². The van der Waals surface area contributed by atoms with E-state index in [1.165, 1.54) is 0 Å². The van der Waals surface area contributed by atoms with Gasteiger partial charge in [0.15, 0.2) is 17.1 Å². The van der Waals surface area contributed by atoms with Gasteiger partial charge in [-0.25, -0.2) is 4.79 Å². The number of benzene rings is 3. The summed E-state index contributed by atoms with van der Waals surface area (Å²) in [4.78, 5) is 35.0. The molecule has 4 amide bonds. The Morgan fingerprint density at radius 3 is 2.33 bits per heavy atom. The minimum atomic E-state index is -1.31. The summed E-state index contributed by atoms with van der Waals surface area (Å²) in [5, 5.41) is 25.2. The molecule has 4 heterocycles. The zero-order valence-corrected chi connectivity index (χ0v) is 23.3. The predicted molar refractivity (Wildman–Crippen MR) is 151 cm³/mol. The summed E-state index contributed by atoms with van der Waals surface area (Å²) in [6.07, 6.45) is 3.72. The molecule has 10 heteroatoms. The molecule has 10 nitrogen and oxygen atoms in total.